The van der Waals surface area contributed by atoms with Crippen molar-refractivity contribution in [3.63, 3.8) is 0 Å². The van der Waals surface area contributed by atoms with Crippen LogP contribution in [0, 0.1) is 0 Å². The van der Waals surface area contributed by atoms with Crippen LogP contribution in [0.3, 0.4) is 0 Å². The molecular weight excluding hydrogens is 464 g/mol. The molecule has 1 saturated heterocycles. The zero-order valence-electron chi connectivity index (χ0n) is 21.6. The highest BCUT2D eigenvalue weighted by atomic mass is 16.6. The zero-order chi connectivity index (χ0) is 25.8. The summed E-state index contributed by atoms with van der Waals surface area (Å²) in [4.78, 5) is 30.3. The van der Waals surface area contributed by atoms with Crippen LogP contribution in [0.4, 0.5) is 0 Å². The molecule has 2 aromatic rings. The van der Waals surface area contributed by atoms with Crippen LogP contribution >= 0.6 is 0 Å². The second-order valence-corrected chi connectivity index (χ2v) is 10.8. The van der Waals surface area contributed by atoms with Crippen LogP contribution in [0.15, 0.2) is 67.3 Å². The molecule has 2 bridgehead atoms. The number of esters is 1. The summed E-state index contributed by atoms with van der Waals surface area (Å²) in [5, 5.41) is 0. The second-order valence-electron chi connectivity index (χ2n) is 10.8. The number of hydrogen-bond acceptors (Lipinski definition) is 5. The van der Waals surface area contributed by atoms with Gasteiger partial charge in [-0.05, 0) is 49.0 Å². The van der Waals surface area contributed by atoms with Crippen molar-refractivity contribution in [3.8, 4) is 5.75 Å². The highest BCUT2D eigenvalue weighted by molar-refractivity contribution is 5.92. The molecule has 4 aliphatic rings. The van der Waals surface area contributed by atoms with Crippen molar-refractivity contribution in [2.45, 2.75) is 61.8 Å². The number of likely N-dealkylation sites (tertiary alicyclic amines) is 1. The Labute approximate surface area is 218 Å². The molecule has 0 aromatic heterocycles. The lowest BCUT2D eigenvalue weighted by atomic mass is 9.48. The normalized spacial score (nSPS) is 31.4. The Morgan fingerprint density at radius 3 is 2.76 bits per heavy atom. The number of amides is 1. The summed E-state index contributed by atoms with van der Waals surface area (Å²) >= 11 is 0. The number of piperidine rings is 1. The largest absolute Gasteiger partial charge is 0.487 e. The van der Waals surface area contributed by atoms with Gasteiger partial charge in [-0.25, -0.2) is 0 Å². The molecule has 1 amide bonds. The van der Waals surface area contributed by atoms with E-state index >= 15 is 0 Å². The predicted molar refractivity (Wildman–Crippen MR) is 142 cm³/mol. The highest BCUT2D eigenvalue weighted by Gasteiger charge is 2.75. The second kappa shape index (κ2) is 8.88. The quantitative estimate of drug-likeness (QED) is 0.340. The summed E-state index contributed by atoms with van der Waals surface area (Å²) < 4.78 is 13.2. The van der Waals surface area contributed by atoms with Gasteiger partial charge >= 0.3 is 5.97 Å². The van der Waals surface area contributed by atoms with Crippen LogP contribution < -0.4 is 4.74 Å². The predicted octanol–water partition coefficient (Wildman–Crippen LogP) is 4.14. The van der Waals surface area contributed by atoms with E-state index in [9.17, 15) is 9.59 Å². The van der Waals surface area contributed by atoms with Gasteiger partial charge in [0.25, 0.3) is 0 Å². The van der Waals surface area contributed by atoms with Gasteiger partial charge in [0, 0.05) is 38.7 Å². The fourth-order valence-corrected chi connectivity index (χ4v) is 7.80. The average molecular weight is 499 g/mol. The smallest absolute Gasteiger partial charge is 0.303 e. The Balaban J connectivity index is 1.42. The summed E-state index contributed by atoms with van der Waals surface area (Å²) in [5.74, 6) is 0.564. The molecule has 2 aliphatic heterocycles. The van der Waals surface area contributed by atoms with E-state index in [2.05, 4.69) is 23.6 Å². The lowest BCUT2D eigenvalue weighted by Crippen LogP contribution is -2.79. The SMILES string of the molecule is C=CCN1CC[C@]23c4c5cccc4O[C@H]2[C@H](N(C)C(=O)C=Cc2ccccc2)CC[C@@]3(OC(C)=O)[C@H]1C5. The van der Waals surface area contributed by atoms with Gasteiger partial charge in [-0.2, -0.15) is 0 Å². The van der Waals surface area contributed by atoms with E-state index in [-0.39, 0.29) is 30.1 Å². The number of benzene rings is 2. The molecule has 6 heteroatoms. The molecule has 2 fully saturated rings. The Bertz CT molecular complexity index is 1270. The number of hydrogen-bond donors (Lipinski definition) is 0. The average Bonchev–Trinajstić information content (AvgIpc) is 3.23. The molecule has 1 spiro atoms. The van der Waals surface area contributed by atoms with Crippen LogP contribution in [0.2, 0.25) is 0 Å². The lowest BCUT2D eigenvalue weighted by Gasteiger charge is -2.65. The van der Waals surface area contributed by atoms with Gasteiger partial charge in [0.2, 0.25) is 5.91 Å². The van der Waals surface area contributed by atoms with Crippen molar-refractivity contribution in [2.75, 3.05) is 20.1 Å². The van der Waals surface area contributed by atoms with Crippen LogP contribution in [0.1, 0.15) is 42.9 Å². The van der Waals surface area contributed by atoms with Crippen molar-refractivity contribution in [2.24, 2.45) is 0 Å². The van der Waals surface area contributed by atoms with Gasteiger partial charge in [-0.15, -0.1) is 6.58 Å². The van der Waals surface area contributed by atoms with E-state index in [1.54, 1.807) is 6.08 Å². The molecule has 0 radical (unpaired) electrons. The molecule has 6 nitrogen and oxygen atoms in total. The van der Waals surface area contributed by atoms with Crippen molar-refractivity contribution in [3.05, 3.63) is 84.0 Å². The lowest BCUT2D eigenvalue weighted by molar-refractivity contribution is -0.222. The van der Waals surface area contributed by atoms with E-state index in [1.807, 2.05) is 60.5 Å². The van der Waals surface area contributed by atoms with Gasteiger partial charge < -0.3 is 14.4 Å². The minimum absolute atomic E-state index is 0.0371. The highest BCUT2D eigenvalue weighted by Crippen LogP contribution is 2.65. The number of likely N-dealkylation sites (N-methyl/N-ethyl adjacent to an activating group) is 1. The van der Waals surface area contributed by atoms with Crippen LogP contribution in [-0.4, -0.2) is 65.6 Å². The standard InChI is InChI=1S/C31H34N2O4/c1-4-18-33-19-17-30-28-23-11-8-12-25(28)36-29(30)24(15-16-31(30,26(33)20-23)37-21(2)34)32(3)27(35)14-13-22-9-6-5-7-10-22/h4-14,24,26,29H,1,15-20H2,2-3H3/t24-,26-,29+,30+,31-/m1/s1. The zero-order valence-corrected chi connectivity index (χ0v) is 21.6. The van der Waals surface area contributed by atoms with E-state index in [0.717, 1.165) is 37.2 Å². The maximum Gasteiger partial charge on any atom is 0.303 e. The maximum atomic E-state index is 13.4. The number of nitrogens with zero attached hydrogens (tertiary/aromatic N) is 2. The van der Waals surface area contributed by atoms with Crippen LogP contribution in [-0.2, 0) is 26.2 Å². The topological polar surface area (TPSA) is 59.1 Å². The minimum Gasteiger partial charge on any atom is -0.487 e. The summed E-state index contributed by atoms with van der Waals surface area (Å²) in [6.45, 7) is 7.11. The fourth-order valence-electron chi connectivity index (χ4n) is 7.80. The van der Waals surface area contributed by atoms with Gasteiger partial charge in [-0.3, -0.25) is 14.5 Å². The van der Waals surface area contributed by atoms with E-state index < -0.39 is 11.0 Å². The third-order valence-electron chi connectivity index (χ3n) is 9.15. The molecule has 192 valence electrons. The van der Waals surface area contributed by atoms with Gasteiger partial charge in [-0.1, -0.05) is 48.5 Å². The monoisotopic (exact) mass is 498 g/mol. The first kappa shape index (κ1) is 24.0. The molecule has 1 saturated carbocycles. The summed E-state index contributed by atoms with van der Waals surface area (Å²) in [7, 11) is 1.87. The number of ether oxygens (including phenoxy) is 2. The molecule has 2 aromatic carbocycles. The van der Waals surface area contributed by atoms with Gasteiger partial charge in [0.15, 0.2) is 0 Å². The summed E-state index contributed by atoms with van der Waals surface area (Å²) in [5.41, 5.74) is 2.25. The van der Waals surface area contributed by atoms with Crippen molar-refractivity contribution < 1.29 is 19.1 Å². The Morgan fingerprint density at radius 1 is 1.19 bits per heavy atom. The molecule has 0 unspecified atom stereocenters. The minimum atomic E-state index is -0.704. The number of rotatable bonds is 6. The van der Waals surface area contributed by atoms with Crippen molar-refractivity contribution >= 4 is 18.0 Å². The Morgan fingerprint density at radius 2 is 2.00 bits per heavy atom. The number of carbonyl (C=O) groups is 2. The molecule has 6 rings (SSSR count). The number of carbonyl (C=O) groups excluding carboxylic acids is 2. The Kier molecular flexibility index (Phi) is 5.75. The first-order valence-corrected chi connectivity index (χ1v) is 13.2. The van der Waals surface area contributed by atoms with Gasteiger partial charge in [0.05, 0.1) is 17.5 Å². The first-order valence-electron chi connectivity index (χ1n) is 13.2. The third kappa shape index (κ3) is 3.42. The van der Waals surface area contributed by atoms with Crippen LogP contribution in [0.25, 0.3) is 6.08 Å². The molecule has 5 atom stereocenters. The third-order valence-corrected chi connectivity index (χ3v) is 9.15. The maximum absolute atomic E-state index is 13.4. The molecule has 2 heterocycles. The van der Waals surface area contributed by atoms with Gasteiger partial charge in [0.1, 0.15) is 17.5 Å². The van der Waals surface area contributed by atoms with Crippen molar-refractivity contribution in [1.29, 1.82) is 0 Å². The molecule has 37 heavy (non-hydrogen) atoms. The van der Waals surface area contributed by atoms with Crippen LogP contribution in [0.5, 0.6) is 5.75 Å². The Hall–Kier alpha value is -3.38. The summed E-state index contributed by atoms with van der Waals surface area (Å²) in [6, 6.07) is 16.0. The molecule has 0 N–H and O–H groups in total. The van der Waals surface area contributed by atoms with E-state index in [4.69, 9.17) is 9.47 Å². The van der Waals surface area contributed by atoms with E-state index in [0.29, 0.717) is 12.8 Å². The summed E-state index contributed by atoms with van der Waals surface area (Å²) in [6.07, 6.45) is 8.14. The van der Waals surface area contributed by atoms with Crippen molar-refractivity contribution in [1.82, 2.24) is 9.80 Å². The molecular formula is C31H34N2O4. The van der Waals surface area contributed by atoms with E-state index in [1.165, 1.54) is 18.1 Å². The molecule has 2 aliphatic carbocycles. The first-order chi connectivity index (χ1) is 17.9. The fraction of sp³-hybridized carbons (Fsp3) is 0.419.